The fourth-order valence-corrected chi connectivity index (χ4v) is 1.67. The Morgan fingerprint density at radius 1 is 1.32 bits per heavy atom. The molecule has 0 saturated carbocycles. The van der Waals surface area contributed by atoms with Crippen molar-refractivity contribution in [2.75, 3.05) is 5.32 Å². The number of hydrogen-bond donors (Lipinski definition) is 2. The molecule has 1 unspecified atom stereocenters. The number of aromatic nitrogens is 1. The van der Waals surface area contributed by atoms with Crippen molar-refractivity contribution in [1.82, 2.24) is 4.98 Å². The van der Waals surface area contributed by atoms with Gasteiger partial charge in [-0.2, -0.15) is 0 Å². The van der Waals surface area contributed by atoms with Crippen LogP contribution >= 0.6 is 0 Å². The number of para-hydroxylation sites is 1. The van der Waals surface area contributed by atoms with E-state index in [0.717, 1.165) is 5.69 Å². The predicted molar refractivity (Wildman–Crippen MR) is 69.4 cm³/mol. The predicted octanol–water partition coefficient (Wildman–Crippen LogP) is 2.77. The van der Waals surface area contributed by atoms with Gasteiger partial charge in [-0.05, 0) is 25.1 Å². The minimum absolute atomic E-state index is 0.149. The van der Waals surface area contributed by atoms with E-state index in [4.69, 9.17) is 0 Å². The molecule has 0 saturated heterocycles. The highest BCUT2D eigenvalue weighted by atomic mass is 19.1. The number of hydrogen-bond acceptors (Lipinski definition) is 3. The number of anilines is 1. The van der Waals surface area contributed by atoms with Crippen LogP contribution in [0.15, 0.2) is 42.6 Å². The van der Waals surface area contributed by atoms with Crippen LogP contribution in [-0.2, 0) is 4.79 Å². The molecule has 98 valence electrons. The highest BCUT2D eigenvalue weighted by molar-refractivity contribution is 5.79. The molecule has 2 rings (SSSR count). The fourth-order valence-electron chi connectivity index (χ4n) is 1.67. The third kappa shape index (κ3) is 3.07. The van der Waals surface area contributed by atoms with E-state index in [1.165, 1.54) is 18.3 Å². The van der Waals surface area contributed by atoms with Gasteiger partial charge in [0.25, 0.3) is 0 Å². The van der Waals surface area contributed by atoms with Gasteiger partial charge in [-0.15, -0.1) is 0 Å². The van der Waals surface area contributed by atoms with Crippen molar-refractivity contribution in [2.45, 2.75) is 13.0 Å². The molecule has 0 aliphatic rings. The molecular formula is C14H13FN2O2. The molecule has 2 aromatic rings. The lowest BCUT2D eigenvalue weighted by Crippen LogP contribution is -2.21. The van der Waals surface area contributed by atoms with Crippen molar-refractivity contribution in [1.29, 1.82) is 0 Å². The van der Waals surface area contributed by atoms with E-state index < -0.39 is 17.8 Å². The van der Waals surface area contributed by atoms with E-state index in [2.05, 4.69) is 10.3 Å². The average Bonchev–Trinajstić information content (AvgIpc) is 2.39. The largest absolute Gasteiger partial charge is 0.479 e. The first-order valence-electron chi connectivity index (χ1n) is 5.74. The average molecular weight is 260 g/mol. The summed E-state index contributed by atoms with van der Waals surface area (Å²) in [5.41, 5.74) is 1.41. The lowest BCUT2D eigenvalue weighted by Gasteiger charge is -2.16. The van der Waals surface area contributed by atoms with Gasteiger partial charge in [-0.1, -0.05) is 18.2 Å². The van der Waals surface area contributed by atoms with E-state index in [0.29, 0.717) is 5.56 Å². The highest BCUT2D eigenvalue weighted by Crippen LogP contribution is 2.21. The Labute approximate surface area is 109 Å². The van der Waals surface area contributed by atoms with Gasteiger partial charge >= 0.3 is 5.97 Å². The number of carboxylic acids is 1. The Morgan fingerprint density at radius 3 is 2.63 bits per heavy atom. The Morgan fingerprint density at radius 2 is 2.05 bits per heavy atom. The van der Waals surface area contributed by atoms with Gasteiger partial charge in [0.05, 0.1) is 5.69 Å². The minimum atomic E-state index is -1.09. The topological polar surface area (TPSA) is 62.2 Å². The van der Waals surface area contributed by atoms with Crippen molar-refractivity contribution in [3.63, 3.8) is 0 Å². The van der Waals surface area contributed by atoms with E-state index in [1.54, 1.807) is 24.3 Å². The monoisotopic (exact) mass is 260 g/mol. The molecule has 4 nitrogen and oxygen atoms in total. The maximum Gasteiger partial charge on any atom is 0.330 e. The number of nitrogens with zero attached hydrogens (tertiary/aromatic N) is 1. The molecule has 5 heteroatoms. The van der Waals surface area contributed by atoms with Crippen molar-refractivity contribution in [3.8, 4) is 0 Å². The zero-order chi connectivity index (χ0) is 13.8. The van der Waals surface area contributed by atoms with Crippen molar-refractivity contribution >= 4 is 11.7 Å². The van der Waals surface area contributed by atoms with Gasteiger partial charge in [0.1, 0.15) is 5.82 Å². The molecule has 1 aromatic heterocycles. The van der Waals surface area contributed by atoms with Gasteiger partial charge in [-0.25, -0.2) is 9.18 Å². The first-order chi connectivity index (χ1) is 9.08. The van der Waals surface area contributed by atoms with Crippen LogP contribution in [0.1, 0.15) is 17.3 Å². The van der Waals surface area contributed by atoms with Gasteiger partial charge in [0.15, 0.2) is 6.04 Å². The van der Waals surface area contributed by atoms with E-state index in [1.807, 2.05) is 6.92 Å². The first kappa shape index (κ1) is 13.0. The van der Waals surface area contributed by atoms with Crippen LogP contribution in [0.3, 0.4) is 0 Å². The molecule has 0 radical (unpaired) electrons. The second-order valence-electron chi connectivity index (χ2n) is 4.13. The number of benzene rings is 1. The molecule has 0 amide bonds. The second kappa shape index (κ2) is 5.48. The zero-order valence-electron chi connectivity index (χ0n) is 10.3. The van der Waals surface area contributed by atoms with Gasteiger partial charge in [0, 0.05) is 17.5 Å². The van der Waals surface area contributed by atoms with Gasteiger partial charge in [-0.3, -0.25) is 4.98 Å². The number of aryl methyl sites for hydroxylation is 1. The van der Waals surface area contributed by atoms with Crippen LogP contribution < -0.4 is 5.32 Å². The molecule has 19 heavy (non-hydrogen) atoms. The molecule has 1 atom stereocenters. The van der Waals surface area contributed by atoms with Gasteiger partial charge < -0.3 is 10.4 Å². The normalized spacial score (nSPS) is 11.9. The summed E-state index contributed by atoms with van der Waals surface area (Å²) in [7, 11) is 0. The second-order valence-corrected chi connectivity index (χ2v) is 4.13. The first-order valence-corrected chi connectivity index (χ1v) is 5.74. The summed E-state index contributed by atoms with van der Waals surface area (Å²) in [6, 6.07) is 8.29. The Bertz CT molecular complexity index is 584. The van der Waals surface area contributed by atoms with Crippen LogP contribution in [-0.4, -0.2) is 16.1 Å². The number of carboxylic acid groups (broad SMARTS) is 1. The van der Waals surface area contributed by atoms with Crippen LogP contribution in [0.25, 0.3) is 0 Å². The number of pyridine rings is 1. The Kier molecular flexibility index (Phi) is 3.75. The summed E-state index contributed by atoms with van der Waals surface area (Å²) >= 11 is 0. The van der Waals surface area contributed by atoms with Crippen LogP contribution in [0.5, 0.6) is 0 Å². The molecule has 2 N–H and O–H groups in total. The van der Waals surface area contributed by atoms with E-state index in [9.17, 15) is 14.3 Å². The third-order valence-electron chi connectivity index (χ3n) is 2.69. The number of nitrogens with one attached hydrogen (secondary N) is 1. The Hall–Kier alpha value is -2.43. The quantitative estimate of drug-likeness (QED) is 0.887. The molecule has 0 fully saturated rings. The van der Waals surface area contributed by atoms with Crippen molar-refractivity contribution in [3.05, 3.63) is 59.7 Å². The minimum Gasteiger partial charge on any atom is -0.479 e. The summed E-state index contributed by atoms with van der Waals surface area (Å²) in [6.45, 7) is 1.81. The maximum atomic E-state index is 13.5. The lowest BCUT2D eigenvalue weighted by atomic mass is 10.1. The standard InChI is InChI=1S/C14H13FN2O2/c1-9-6-7-10(8-16-9)13(14(18)19)17-12-5-3-2-4-11(12)15/h2-8,13,17H,1H3,(H,18,19). The van der Waals surface area contributed by atoms with E-state index in [-0.39, 0.29) is 5.69 Å². The summed E-state index contributed by atoms with van der Waals surface area (Å²) in [6.07, 6.45) is 1.47. The molecule has 1 heterocycles. The molecule has 0 aliphatic heterocycles. The van der Waals surface area contributed by atoms with Gasteiger partial charge in [0.2, 0.25) is 0 Å². The highest BCUT2D eigenvalue weighted by Gasteiger charge is 2.20. The number of carbonyl (C=O) groups is 1. The third-order valence-corrected chi connectivity index (χ3v) is 2.69. The number of rotatable bonds is 4. The molecule has 1 aromatic carbocycles. The zero-order valence-corrected chi connectivity index (χ0v) is 10.3. The Balaban J connectivity index is 2.29. The molecule has 0 spiro atoms. The SMILES string of the molecule is Cc1ccc(C(Nc2ccccc2F)C(=O)O)cn1. The maximum absolute atomic E-state index is 13.5. The molecule has 0 aliphatic carbocycles. The van der Waals surface area contributed by atoms with E-state index >= 15 is 0 Å². The number of aliphatic carboxylic acids is 1. The lowest BCUT2D eigenvalue weighted by molar-refractivity contribution is -0.138. The van der Waals surface area contributed by atoms with Crippen molar-refractivity contribution < 1.29 is 14.3 Å². The number of halogens is 1. The van der Waals surface area contributed by atoms with Crippen molar-refractivity contribution in [2.24, 2.45) is 0 Å². The van der Waals surface area contributed by atoms with Crippen LogP contribution in [0.2, 0.25) is 0 Å². The summed E-state index contributed by atoms with van der Waals surface area (Å²) in [5, 5.41) is 11.9. The summed E-state index contributed by atoms with van der Waals surface area (Å²) in [5.74, 6) is -1.58. The molecule has 0 bridgehead atoms. The summed E-state index contributed by atoms with van der Waals surface area (Å²) < 4.78 is 13.5. The van der Waals surface area contributed by atoms with Crippen LogP contribution in [0, 0.1) is 12.7 Å². The van der Waals surface area contributed by atoms with Crippen LogP contribution in [0.4, 0.5) is 10.1 Å². The fraction of sp³-hybridized carbons (Fsp3) is 0.143. The summed E-state index contributed by atoms with van der Waals surface area (Å²) in [4.78, 5) is 15.3. The smallest absolute Gasteiger partial charge is 0.330 e. The molecular weight excluding hydrogens is 247 g/mol.